The summed E-state index contributed by atoms with van der Waals surface area (Å²) in [6.45, 7) is 2.02. The van der Waals surface area contributed by atoms with E-state index in [1.165, 1.54) is 0 Å². The molecule has 1 heterocycles. The lowest BCUT2D eigenvalue weighted by molar-refractivity contribution is -0.143. The van der Waals surface area contributed by atoms with E-state index in [2.05, 4.69) is 0 Å². The monoisotopic (exact) mass is 298 g/mol. The van der Waals surface area contributed by atoms with E-state index in [1.807, 2.05) is 36.4 Å². The van der Waals surface area contributed by atoms with E-state index in [9.17, 15) is 4.79 Å². The van der Waals surface area contributed by atoms with Crippen molar-refractivity contribution in [2.45, 2.75) is 6.54 Å². The van der Waals surface area contributed by atoms with Gasteiger partial charge in [-0.15, -0.1) is 0 Å². The summed E-state index contributed by atoms with van der Waals surface area (Å²) in [6.07, 6.45) is 0. The molecule has 5 heteroatoms. The molecule has 0 aliphatic carbocycles. The maximum Gasteiger partial charge on any atom is 0.248 e. The fourth-order valence-electron chi connectivity index (χ4n) is 2.27. The van der Waals surface area contributed by atoms with Gasteiger partial charge < -0.3 is 20.1 Å². The van der Waals surface area contributed by atoms with Crippen LogP contribution in [0.3, 0.4) is 0 Å². The number of nitrogens with zero attached hydrogens (tertiary/aromatic N) is 1. The maximum absolute atomic E-state index is 11.7. The Kier molecular flexibility index (Phi) is 4.25. The predicted molar refractivity (Wildman–Crippen MR) is 83.6 cm³/mol. The minimum Gasteiger partial charge on any atom is -0.457 e. The number of amides is 1. The number of hydrogen-bond acceptors (Lipinski definition) is 4. The third-order valence-electron chi connectivity index (χ3n) is 3.50. The van der Waals surface area contributed by atoms with Gasteiger partial charge in [-0.05, 0) is 42.0 Å². The van der Waals surface area contributed by atoms with E-state index >= 15 is 0 Å². The van der Waals surface area contributed by atoms with Gasteiger partial charge in [0, 0.05) is 18.8 Å². The molecule has 1 aliphatic heterocycles. The van der Waals surface area contributed by atoms with Crippen molar-refractivity contribution in [1.29, 1.82) is 0 Å². The van der Waals surface area contributed by atoms with Crippen LogP contribution >= 0.6 is 0 Å². The number of benzene rings is 2. The second-order valence-electron chi connectivity index (χ2n) is 5.18. The van der Waals surface area contributed by atoms with Crippen LogP contribution < -0.4 is 10.5 Å². The minimum atomic E-state index is 0.0356. The average Bonchev–Trinajstić information content (AvgIpc) is 2.54. The molecule has 1 aliphatic rings. The van der Waals surface area contributed by atoms with Crippen LogP contribution in [-0.2, 0) is 16.1 Å². The average molecular weight is 298 g/mol. The summed E-state index contributed by atoms with van der Waals surface area (Å²) in [5.41, 5.74) is 7.42. The first kappa shape index (κ1) is 14.4. The zero-order chi connectivity index (χ0) is 15.4. The Balaban J connectivity index is 1.62. The van der Waals surface area contributed by atoms with Gasteiger partial charge in [0.1, 0.15) is 18.1 Å². The zero-order valence-corrected chi connectivity index (χ0v) is 12.2. The zero-order valence-electron chi connectivity index (χ0n) is 12.2. The number of anilines is 1. The van der Waals surface area contributed by atoms with E-state index in [4.69, 9.17) is 15.2 Å². The maximum atomic E-state index is 11.7. The summed E-state index contributed by atoms with van der Waals surface area (Å²) in [7, 11) is 0. The summed E-state index contributed by atoms with van der Waals surface area (Å²) in [6, 6.07) is 15.0. The number of rotatable bonds is 4. The van der Waals surface area contributed by atoms with Crippen LogP contribution in [0.4, 0.5) is 5.69 Å². The smallest absolute Gasteiger partial charge is 0.248 e. The quantitative estimate of drug-likeness (QED) is 0.880. The predicted octanol–water partition coefficient (Wildman–Crippen LogP) is 2.42. The summed E-state index contributed by atoms with van der Waals surface area (Å²) in [4.78, 5) is 13.5. The van der Waals surface area contributed by atoms with E-state index in [1.54, 1.807) is 17.0 Å². The molecule has 1 amide bonds. The molecule has 0 spiro atoms. The van der Waals surface area contributed by atoms with Crippen LogP contribution in [0.2, 0.25) is 0 Å². The lowest BCUT2D eigenvalue weighted by atomic mass is 10.2. The standard InChI is InChI=1S/C17H18N2O3/c18-14-3-7-16(8-4-14)22-15-5-1-13(2-6-15)11-19-9-10-21-12-17(19)20/h1-8H,9-12,18H2. The van der Waals surface area contributed by atoms with Gasteiger partial charge in [-0.25, -0.2) is 0 Å². The van der Waals surface area contributed by atoms with Crippen molar-refractivity contribution in [3.8, 4) is 11.5 Å². The molecule has 114 valence electrons. The third kappa shape index (κ3) is 3.56. The van der Waals surface area contributed by atoms with Crippen LogP contribution in [0, 0.1) is 0 Å². The topological polar surface area (TPSA) is 64.8 Å². The minimum absolute atomic E-state index is 0.0356. The molecule has 2 aromatic carbocycles. The third-order valence-corrected chi connectivity index (χ3v) is 3.50. The highest BCUT2D eigenvalue weighted by Gasteiger charge is 2.18. The molecule has 1 saturated heterocycles. The molecule has 0 bridgehead atoms. The number of hydrogen-bond donors (Lipinski definition) is 1. The Morgan fingerprint density at radius 1 is 1.05 bits per heavy atom. The Labute approximate surface area is 129 Å². The lowest BCUT2D eigenvalue weighted by Gasteiger charge is -2.26. The first-order valence-electron chi connectivity index (χ1n) is 7.18. The highest BCUT2D eigenvalue weighted by atomic mass is 16.5. The summed E-state index contributed by atoms with van der Waals surface area (Å²) < 4.78 is 10.9. The van der Waals surface area contributed by atoms with Gasteiger partial charge in [-0.2, -0.15) is 0 Å². The molecule has 0 atom stereocenters. The SMILES string of the molecule is Nc1ccc(Oc2ccc(CN3CCOCC3=O)cc2)cc1. The van der Waals surface area contributed by atoms with E-state index in [-0.39, 0.29) is 12.5 Å². The first-order chi connectivity index (χ1) is 10.7. The second kappa shape index (κ2) is 6.49. The molecular weight excluding hydrogens is 280 g/mol. The van der Waals surface area contributed by atoms with Gasteiger partial charge in [-0.3, -0.25) is 4.79 Å². The van der Waals surface area contributed by atoms with Crippen LogP contribution in [-0.4, -0.2) is 30.6 Å². The Morgan fingerprint density at radius 2 is 1.68 bits per heavy atom. The van der Waals surface area contributed by atoms with Gasteiger partial charge in [0.15, 0.2) is 0 Å². The van der Waals surface area contributed by atoms with E-state index < -0.39 is 0 Å². The molecular formula is C17H18N2O3. The highest BCUT2D eigenvalue weighted by molar-refractivity contribution is 5.78. The van der Waals surface area contributed by atoms with Crippen molar-refractivity contribution >= 4 is 11.6 Å². The largest absolute Gasteiger partial charge is 0.457 e. The van der Waals surface area contributed by atoms with Gasteiger partial charge in [-0.1, -0.05) is 12.1 Å². The Morgan fingerprint density at radius 3 is 2.32 bits per heavy atom. The molecule has 0 saturated carbocycles. The molecule has 5 nitrogen and oxygen atoms in total. The van der Waals surface area contributed by atoms with Crippen molar-refractivity contribution in [3.63, 3.8) is 0 Å². The molecule has 3 rings (SSSR count). The molecule has 2 N–H and O–H groups in total. The van der Waals surface area contributed by atoms with Crippen LogP contribution in [0.5, 0.6) is 11.5 Å². The molecule has 22 heavy (non-hydrogen) atoms. The van der Waals surface area contributed by atoms with Gasteiger partial charge in [0.2, 0.25) is 5.91 Å². The van der Waals surface area contributed by atoms with Crippen LogP contribution in [0.25, 0.3) is 0 Å². The number of carbonyl (C=O) groups is 1. The normalized spacial score (nSPS) is 14.9. The Hall–Kier alpha value is -2.53. The fraction of sp³-hybridized carbons (Fsp3) is 0.235. The van der Waals surface area contributed by atoms with Crippen molar-refractivity contribution in [1.82, 2.24) is 4.90 Å². The summed E-state index contributed by atoms with van der Waals surface area (Å²) in [5, 5.41) is 0. The highest BCUT2D eigenvalue weighted by Crippen LogP contribution is 2.23. The van der Waals surface area contributed by atoms with Crippen LogP contribution in [0.15, 0.2) is 48.5 Å². The number of nitrogen functional groups attached to an aromatic ring is 1. The number of morpholine rings is 1. The van der Waals surface area contributed by atoms with Crippen molar-refractivity contribution in [3.05, 3.63) is 54.1 Å². The summed E-state index contributed by atoms with van der Waals surface area (Å²) >= 11 is 0. The summed E-state index contributed by atoms with van der Waals surface area (Å²) in [5.74, 6) is 1.53. The van der Waals surface area contributed by atoms with Gasteiger partial charge >= 0.3 is 0 Å². The van der Waals surface area contributed by atoms with Gasteiger partial charge in [0.05, 0.1) is 6.61 Å². The Bertz CT molecular complexity index is 638. The second-order valence-corrected chi connectivity index (χ2v) is 5.18. The fourth-order valence-corrected chi connectivity index (χ4v) is 2.27. The van der Waals surface area contributed by atoms with Crippen molar-refractivity contribution < 1.29 is 14.3 Å². The number of ether oxygens (including phenoxy) is 2. The molecule has 0 aromatic heterocycles. The van der Waals surface area contributed by atoms with Crippen molar-refractivity contribution in [2.24, 2.45) is 0 Å². The number of nitrogens with two attached hydrogens (primary N) is 1. The van der Waals surface area contributed by atoms with Gasteiger partial charge in [0.25, 0.3) is 0 Å². The van der Waals surface area contributed by atoms with Crippen LogP contribution in [0.1, 0.15) is 5.56 Å². The van der Waals surface area contributed by atoms with Crippen molar-refractivity contribution in [2.75, 3.05) is 25.5 Å². The lowest BCUT2D eigenvalue weighted by Crippen LogP contribution is -2.40. The molecule has 0 radical (unpaired) electrons. The molecule has 2 aromatic rings. The number of carbonyl (C=O) groups excluding carboxylic acids is 1. The first-order valence-corrected chi connectivity index (χ1v) is 7.18. The molecule has 1 fully saturated rings. The van der Waals surface area contributed by atoms with E-state index in [0.29, 0.717) is 25.4 Å². The molecule has 0 unspecified atom stereocenters. The van der Waals surface area contributed by atoms with E-state index in [0.717, 1.165) is 17.1 Å².